The van der Waals surface area contributed by atoms with Gasteiger partial charge in [0, 0.05) is 42.4 Å². The molecule has 0 atom stereocenters. The molecule has 6 nitrogen and oxygen atoms in total. The number of carbonyl (C=O) groups excluding carboxylic acids is 1. The highest BCUT2D eigenvalue weighted by Gasteiger charge is 2.24. The van der Waals surface area contributed by atoms with Crippen molar-refractivity contribution in [3.8, 4) is 5.88 Å². The minimum atomic E-state index is -0.0698. The van der Waals surface area contributed by atoms with Gasteiger partial charge in [0.2, 0.25) is 5.88 Å². The van der Waals surface area contributed by atoms with Crippen LogP contribution in [-0.4, -0.2) is 40.3 Å². The molecular weight excluding hydrogens is 328 g/mol. The van der Waals surface area contributed by atoms with E-state index in [1.807, 2.05) is 59.5 Å². The molecule has 1 fully saturated rings. The maximum Gasteiger partial charge on any atom is 0.321 e. The highest BCUT2D eigenvalue weighted by atomic mass is 16.5. The smallest absolute Gasteiger partial charge is 0.321 e. The van der Waals surface area contributed by atoms with Crippen LogP contribution in [0.5, 0.6) is 5.88 Å². The van der Waals surface area contributed by atoms with Crippen molar-refractivity contribution in [3.05, 3.63) is 60.8 Å². The molecule has 1 N–H and O–H groups in total. The van der Waals surface area contributed by atoms with Crippen molar-refractivity contribution >= 4 is 22.5 Å². The van der Waals surface area contributed by atoms with Gasteiger partial charge in [-0.2, -0.15) is 5.10 Å². The average Bonchev–Trinajstić information content (AvgIpc) is 2.70. The Bertz CT molecular complexity index is 887. The maximum atomic E-state index is 12.4. The van der Waals surface area contributed by atoms with Crippen molar-refractivity contribution in [2.24, 2.45) is 0 Å². The molecule has 0 spiro atoms. The summed E-state index contributed by atoms with van der Waals surface area (Å²) in [6, 6.07) is 17.3. The third kappa shape index (κ3) is 3.59. The highest BCUT2D eigenvalue weighted by Crippen LogP contribution is 2.25. The van der Waals surface area contributed by atoms with Gasteiger partial charge < -0.3 is 15.0 Å². The number of ether oxygens (including phenoxy) is 1. The minimum absolute atomic E-state index is 0.0379. The van der Waals surface area contributed by atoms with E-state index in [1.54, 1.807) is 6.20 Å². The number of piperidine rings is 1. The summed E-state index contributed by atoms with van der Waals surface area (Å²) in [4.78, 5) is 14.2. The topological polar surface area (TPSA) is 67.4 Å². The summed E-state index contributed by atoms with van der Waals surface area (Å²) in [7, 11) is 0. The Kier molecular flexibility index (Phi) is 4.64. The van der Waals surface area contributed by atoms with Crippen molar-refractivity contribution in [1.82, 2.24) is 15.1 Å². The molecule has 4 rings (SSSR count). The number of anilines is 1. The zero-order chi connectivity index (χ0) is 17.8. The third-order valence-electron chi connectivity index (χ3n) is 4.57. The molecule has 26 heavy (non-hydrogen) atoms. The van der Waals surface area contributed by atoms with Gasteiger partial charge in [0.1, 0.15) is 6.10 Å². The first kappa shape index (κ1) is 16.3. The SMILES string of the molecule is O=C(Nc1ccccc1)N1CCC(Oc2nncc3ccccc23)CC1. The van der Waals surface area contributed by atoms with Crippen molar-refractivity contribution in [1.29, 1.82) is 0 Å². The number of aromatic nitrogens is 2. The molecule has 3 aromatic rings. The van der Waals surface area contributed by atoms with Crippen LogP contribution >= 0.6 is 0 Å². The monoisotopic (exact) mass is 348 g/mol. The molecule has 0 radical (unpaired) electrons. The van der Waals surface area contributed by atoms with Crippen LogP contribution in [0, 0.1) is 0 Å². The predicted octanol–water partition coefficient (Wildman–Crippen LogP) is 3.71. The summed E-state index contributed by atoms with van der Waals surface area (Å²) >= 11 is 0. The lowest BCUT2D eigenvalue weighted by Gasteiger charge is -2.32. The van der Waals surface area contributed by atoms with E-state index in [-0.39, 0.29) is 12.1 Å². The number of urea groups is 1. The van der Waals surface area contributed by atoms with E-state index in [0.29, 0.717) is 19.0 Å². The van der Waals surface area contributed by atoms with E-state index in [0.717, 1.165) is 29.3 Å². The molecule has 1 saturated heterocycles. The molecule has 0 saturated carbocycles. The molecule has 1 aromatic heterocycles. The van der Waals surface area contributed by atoms with Gasteiger partial charge in [-0.25, -0.2) is 4.79 Å². The molecule has 0 bridgehead atoms. The van der Waals surface area contributed by atoms with E-state index < -0.39 is 0 Å². The van der Waals surface area contributed by atoms with Crippen LogP contribution in [0.1, 0.15) is 12.8 Å². The number of nitrogens with zero attached hydrogens (tertiary/aromatic N) is 3. The number of amides is 2. The Morgan fingerprint density at radius 1 is 1.04 bits per heavy atom. The second-order valence-corrected chi connectivity index (χ2v) is 6.34. The van der Waals surface area contributed by atoms with E-state index in [4.69, 9.17) is 4.74 Å². The molecule has 1 aliphatic heterocycles. The van der Waals surface area contributed by atoms with Crippen LogP contribution in [-0.2, 0) is 0 Å². The van der Waals surface area contributed by atoms with Crippen LogP contribution in [0.15, 0.2) is 60.8 Å². The summed E-state index contributed by atoms with van der Waals surface area (Å²) < 4.78 is 6.08. The number of fused-ring (bicyclic) bond motifs is 1. The van der Waals surface area contributed by atoms with E-state index >= 15 is 0 Å². The Morgan fingerprint density at radius 2 is 1.77 bits per heavy atom. The molecule has 0 aliphatic carbocycles. The first-order valence-electron chi connectivity index (χ1n) is 8.78. The number of hydrogen-bond acceptors (Lipinski definition) is 4. The zero-order valence-electron chi connectivity index (χ0n) is 14.3. The van der Waals surface area contributed by atoms with Crippen LogP contribution in [0.4, 0.5) is 10.5 Å². The third-order valence-corrected chi connectivity index (χ3v) is 4.57. The standard InChI is InChI=1S/C20H20N4O2/c25-20(22-16-7-2-1-3-8-16)24-12-10-17(11-13-24)26-19-18-9-5-4-6-15(18)14-21-23-19/h1-9,14,17H,10-13H2,(H,22,25). The number of carbonyl (C=O) groups is 1. The first-order valence-corrected chi connectivity index (χ1v) is 8.78. The number of likely N-dealkylation sites (tertiary alicyclic amines) is 1. The van der Waals surface area contributed by atoms with Gasteiger partial charge in [-0.05, 0) is 18.2 Å². The minimum Gasteiger partial charge on any atom is -0.473 e. The molecule has 6 heteroatoms. The Labute approximate surface area is 151 Å². The summed E-state index contributed by atoms with van der Waals surface area (Å²) in [6.07, 6.45) is 3.31. The molecule has 0 unspecified atom stereocenters. The quantitative estimate of drug-likeness (QED) is 0.783. The summed E-state index contributed by atoms with van der Waals surface area (Å²) in [5, 5.41) is 13.1. The molecule has 2 aromatic carbocycles. The molecule has 132 valence electrons. The lowest BCUT2D eigenvalue weighted by Crippen LogP contribution is -2.43. The van der Waals surface area contributed by atoms with Gasteiger partial charge in [-0.3, -0.25) is 0 Å². The largest absolute Gasteiger partial charge is 0.473 e. The fourth-order valence-electron chi connectivity index (χ4n) is 3.15. The Balaban J connectivity index is 1.35. The number of rotatable bonds is 3. The number of benzene rings is 2. The second-order valence-electron chi connectivity index (χ2n) is 6.34. The maximum absolute atomic E-state index is 12.4. The first-order chi connectivity index (χ1) is 12.8. The number of hydrogen-bond donors (Lipinski definition) is 1. The number of para-hydroxylation sites is 1. The van der Waals surface area contributed by atoms with Crippen LogP contribution in [0.25, 0.3) is 10.8 Å². The predicted molar refractivity (Wildman–Crippen MR) is 100 cm³/mol. The molecule has 2 amide bonds. The van der Waals surface area contributed by atoms with Gasteiger partial charge in [0.25, 0.3) is 0 Å². The van der Waals surface area contributed by atoms with Crippen molar-refractivity contribution in [2.75, 3.05) is 18.4 Å². The average molecular weight is 348 g/mol. The van der Waals surface area contributed by atoms with Gasteiger partial charge >= 0.3 is 6.03 Å². The molecule has 2 heterocycles. The van der Waals surface area contributed by atoms with Crippen molar-refractivity contribution < 1.29 is 9.53 Å². The van der Waals surface area contributed by atoms with Crippen molar-refractivity contribution in [2.45, 2.75) is 18.9 Å². The number of nitrogens with one attached hydrogen (secondary N) is 1. The van der Waals surface area contributed by atoms with Crippen LogP contribution < -0.4 is 10.1 Å². The van der Waals surface area contributed by atoms with E-state index in [2.05, 4.69) is 15.5 Å². The lowest BCUT2D eigenvalue weighted by atomic mass is 10.1. The lowest BCUT2D eigenvalue weighted by molar-refractivity contribution is 0.112. The van der Waals surface area contributed by atoms with Gasteiger partial charge in [-0.15, -0.1) is 5.10 Å². The van der Waals surface area contributed by atoms with Crippen LogP contribution in [0.2, 0.25) is 0 Å². The molecule has 1 aliphatic rings. The Hall–Kier alpha value is -3.15. The fourth-order valence-corrected chi connectivity index (χ4v) is 3.15. The Morgan fingerprint density at radius 3 is 2.58 bits per heavy atom. The van der Waals surface area contributed by atoms with Crippen LogP contribution in [0.3, 0.4) is 0 Å². The van der Waals surface area contributed by atoms with E-state index in [1.165, 1.54) is 0 Å². The normalized spacial score (nSPS) is 15.0. The van der Waals surface area contributed by atoms with Crippen molar-refractivity contribution in [3.63, 3.8) is 0 Å². The van der Waals surface area contributed by atoms with Gasteiger partial charge in [0.05, 0.1) is 6.20 Å². The summed E-state index contributed by atoms with van der Waals surface area (Å²) in [5.74, 6) is 0.565. The van der Waals surface area contributed by atoms with Gasteiger partial charge in [-0.1, -0.05) is 36.4 Å². The highest BCUT2D eigenvalue weighted by molar-refractivity contribution is 5.89. The van der Waals surface area contributed by atoms with E-state index in [9.17, 15) is 4.79 Å². The molecular formula is C20H20N4O2. The summed E-state index contributed by atoms with van der Waals surface area (Å²) in [5.41, 5.74) is 0.807. The summed E-state index contributed by atoms with van der Waals surface area (Å²) in [6.45, 7) is 1.31. The second kappa shape index (κ2) is 7.39. The zero-order valence-corrected chi connectivity index (χ0v) is 14.3. The fraction of sp³-hybridized carbons (Fsp3) is 0.250. The van der Waals surface area contributed by atoms with Gasteiger partial charge in [0.15, 0.2) is 0 Å².